The molecule has 3 rings (SSSR count). The first-order valence-electron chi connectivity index (χ1n) is 8.79. The second-order valence-corrected chi connectivity index (χ2v) is 6.92. The van der Waals surface area contributed by atoms with Crippen molar-refractivity contribution in [2.45, 2.75) is 12.5 Å². The summed E-state index contributed by atoms with van der Waals surface area (Å²) in [5.74, 6) is 0.661. The van der Waals surface area contributed by atoms with Crippen molar-refractivity contribution in [1.29, 1.82) is 0 Å². The third kappa shape index (κ3) is 4.12. The van der Waals surface area contributed by atoms with Gasteiger partial charge < -0.3 is 9.64 Å². The maximum Gasteiger partial charge on any atom is 0.236 e. The van der Waals surface area contributed by atoms with E-state index in [-0.39, 0.29) is 5.91 Å². The number of carbonyl (C=O) groups excluding carboxylic acids is 1. The number of hydrogen-bond acceptors (Lipinski definition) is 5. The van der Waals surface area contributed by atoms with Crippen LogP contribution in [-0.4, -0.2) is 85.6 Å². The molecule has 0 saturated carbocycles. The van der Waals surface area contributed by atoms with Crippen LogP contribution in [0.4, 0.5) is 0 Å². The molecule has 2 aliphatic heterocycles. The van der Waals surface area contributed by atoms with Crippen LogP contribution in [0.15, 0.2) is 24.5 Å². The molecule has 1 amide bonds. The highest BCUT2D eigenvalue weighted by atomic mass is 16.5. The first-order chi connectivity index (χ1) is 11.6. The molecule has 0 aromatic carbocycles. The minimum atomic E-state index is 0.205. The van der Waals surface area contributed by atoms with Gasteiger partial charge in [-0.25, -0.2) is 0 Å². The molecule has 24 heavy (non-hydrogen) atoms. The Bertz CT molecular complexity index is 533. The van der Waals surface area contributed by atoms with E-state index in [9.17, 15) is 4.79 Å². The van der Waals surface area contributed by atoms with Crippen LogP contribution in [0.5, 0.6) is 0 Å². The molecule has 6 heteroatoms. The van der Waals surface area contributed by atoms with Crippen LogP contribution >= 0.6 is 0 Å². The van der Waals surface area contributed by atoms with E-state index in [0.29, 0.717) is 18.5 Å². The van der Waals surface area contributed by atoms with Gasteiger partial charge in [0.25, 0.3) is 0 Å². The number of morpholine rings is 1. The molecule has 0 bridgehead atoms. The van der Waals surface area contributed by atoms with Crippen molar-refractivity contribution in [2.24, 2.45) is 5.92 Å². The van der Waals surface area contributed by atoms with E-state index in [4.69, 9.17) is 4.74 Å². The van der Waals surface area contributed by atoms with Crippen LogP contribution in [-0.2, 0) is 9.53 Å². The summed E-state index contributed by atoms with van der Waals surface area (Å²) >= 11 is 0. The number of carbonyl (C=O) groups is 1. The Morgan fingerprint density at radius 1 is 1.38 bits per heavy atom. The predicted molar refractivity (Wildman–Crippen MR) is 92.6 cm³/mol. The van der Waals surface area contributed by atoms with Gasteiger partial charge in [0.05, 0.1) is 19.8 Å². The van der Waals surface area contributed by atoms with Crippen molar-refractivity contribution in [1.82, 2.24) is 19.7 Å². The number of ether oxygens (including phenoxy) is 1. The van der Waals surface area contributed by atoms with Crippen LogP contribution in [0.2, 0.25) is 0 Å². The van der Waals surface area contributed by atoms with Gasteiger partial charge in [0.15, 0.2) is 0 Å². The first-order valence-corrected chi connectivity index (χ1v) is 8.79. The second kappa shape index (κ2) is 8.05. The average Bonchev–Trinajstić information content (AvgIpc) is 2.97. The molecule has 3 heterocycles. The summed E-state index contributed by atoms with van der Waals surface area (Å²) < 4.78 is 5.35. The van der Waals surface area contributed by atoms with Gasteiger partial charge in [0, 0.05) is 45.1 Å². The van der Waals surface area contributed by atoms with Gasteiger partial charge in [-0.1, -0.05) is 6.07 Å². The molecule has 0 aliphatic carbocycles. The Morgan fingerprint density at radius 3 is 2.88 bits per heavy atom. The van der Waals surface area contributed by atoms with Gasteiger partial charge in [-0.15, -0.1) is 0 Å². The third-order valence-corrected chi connectivity index (χ3v) is 5.20. The quantitative estimate of drug-likeness (QED) is 0.801. The number of likely N-dealkylation sites (tertiary alicyclic amines) is 1. The van der Waals surface area contributed by atoms with Crippen molar-refractivity contribution in [3.8, 4) is 0 Å². The predicted octanol–water partition coefficient (Wildman–Crippen LogP) is 0.865. The molecule has 2 atom stereocenters. The average molecular weight is 332 g/mol. The molecule has 0 unspecified atom stereocenters. The molecule has 0 radical (unpaired) electrons. The van der Waals surface area contributed by atoms with Gasteiger partial charge in [-0.2, -0.15) is 0 Å². The lowest BCUT2D eigenvalue weighted by molar-refractivity contribution is -0.132. The third-order valence-electron chi connectivity index (χ3n) is 5.20. The fourth-order valence-electron chi connectivity index (χ4n) is 3.82. The Hall–Kier alpha value is -1.50. The molecule has 0 N–H and O–H groups in total. The Labute approximate surface area is 144 Å². The van der Waals surface area contributed by atoms with Crippen molar-refractivity contribution in [2.75, 3.05) is 60.0 Å². The number of hydrogen-bond donors (Lipinski definition) is 0. The maximum absolute atomic E-state index is 12.5. The molecule has 132 valence electrons. The van der Waals surface area contributed by atoms with Crippen molar-refractivity contribution < 1.29 is 9.53 Å². The zero-order chi connectivity index (χ0) is 16.9. The highest BCUT2D eigenvalue weighted by molar-refractivity contribution is 5.78. The van der Waals surface area contributed by atoms with Gasteiger partial charge >= 0.3 is 0 Å². The molecule has 1 aromatic heterocycles. The summed E-state index contributed by atoms with van der Waals surface area (Å²) in [6.07, 6.45) is 4.88. The molecular weight excluding hydrogens is 304 g/mol. The monoisotopic (exact) mass is 332 g/mol. The lowest BCUT2D eigenvalue weighted by Crippen LogP contribution is -2.45. The van der Waals surface area contributed by atoms with Gasteiger partial charge in [-0.3, -0.25) is 19.6 Å². The van der Waals surface area contributed by atoms with Crippen LogP contribution < -0.4 is 0 Å². The lowest BCUT2D eigenvalue weighted by atomic mass is 9.94. The summed E-state index contributed by atoms with van der Waals surface area (Å²) in [4.78, 5) is 23.3. The molecule has 2 aliphatic rings. The van der Waals surface area contributed by atoms with Crippen LogP contribution in [0.3, 0.4) is 0 Å². The van der Waals surface area contributed by atoms with Gasteiger partial charge in [0.1, 0.15) is 0 Å². The van der Waals surface area contributed by atoms with E-state index in [1.807, 2.05) is 30.4 Å². The maximum atomic E-state index is 12.5. The molecule has 2 fully saturated rings. The lowest BCUT2D eigenvalue weighted by Gasteiger charge is -2.31. The van der Waals surface area contributed by atoms with Crippen LogP contribution in [0.25, 0.3) is 0 Å². The van der Waals surface area contributed by atoms with Crippen LogP contribution in [0.1, 0.15) is 18.0 Å². The summed E-state index contributed by atoms with van der Waals surface area (Å²) in [6, 6.07) is 4.48. The Morgan fingerprint density at radius 2 is 2.17 bits per heavy atom. The number of nitrogens with zero attached hydrogens (tertiary/aromatic N) is 4. The molecule has 6 nitrogen and oxygen atoms in total. The Kier molecular flexibility index (Phi) is 5.81. The zero-order valence-corrected chi connectivity index (χ0v) is 14.7. The number of aromatic nitrogens is 1. The van der Waals surface area contributed by atoms with Gasteiger partial charge in [0.2, 0.25) is 5.91 Å². The highest BCUT2D eigenvalue weighted by Crippen LogP contribution is 2.36. The molecule has 2 saturated heterocycles. The normalized spacial score (nSPS) is 25.8. The summed E-state index contributed by atoms with van der Waals surface area (Å²) in [5, 5.41) is 0. The van der Waals surface area contributed by atoms with Crippen molar-refractivity contribution >= 4 is 5.91 Å². The van der Waals surface area contributed by atoms with E-state index in [1.165, 1.54) is 5.56 Å². The first kappa shape index (κ1) is 17.3. The Balaban J connectivity index is 1.58. The van der Waals surface area contributed by atoms with Crippen molar-refractivity contribution in [3.05, 3.63) is 30.1 Å². The standard InChI is InChI=1S/C18H28N4O2/c1-20-7-5-16(18(20)15-4-3-6-19-12-15)13-21(2)17(23)14-22-8-10-24-11-9-22/h3-4,6,12,16,18H,5,7-11,13-14H2,1-2H3/t16-,18-/m0/s1. The van der Waals surface area contributed by atoms with E-state index in [0.717, 1.165) is 45.8 Å². The summed E-state index contributed by atoms with van der Waals surface area (Å²) in [5.41, 5.74) is 1.25. The zero-order valence-electron chi connectivity index (χ0n) is 14.7. The number of likely N-dealkylation sites (N-methyl/N-ethyl adjacent to an activating group) is 1. The fraction of sp³-hybridized carbons (Fsp3) is 0.667. The van der Waals surface area contributed by atoms with E-state index < -0.39 is 0 Å². The van der Waals surface area contributed by atoms with E-state index in [2.05, 4.69) is 27.9 Å². The van der Waals surface area contributed by atoms with Crippen molar-refractivity contribution in [3.63, 3.8) is 0 Å². The fourth-order valence-corrected chi connectivity index (χ4v) is 3.82. The highest BCUT2D eigenvalue weighted by Gasteiger charge is 2.34. The number of amides is 1. The van der Waals surface area contributed by atoms with Crippen LogP contribution in [0, 0.1) is 5.92 Å². The minimum absolute atomic E-state index is 0.205. The number of pyridine rings is 1. The van der Waals surface area contributed by atoms with Gasteiger partial charge in [-0.05, 0) is 37.6 Å². The minimum Gasteiger partial charge on any atom is -0.379 e. The SMILES string of the molecule is CN(C[C@@H]1CCN(C)[C@H]1c1cccnc1)C(=O)CN1CCOCC1. The van der Waals surface area contributed by atoms with E-state index in [1.54, 1.807) is 0 Å². The summed E-state index contributed by atoms with van der Waals surface area (Å²) in [6.45, 7) is 5.53. The largest absolute Gasteiger partial charge is 0.379 e. The smallest absolute Gasteiger partial charge is 0.236 e. The molecule has 0 spiro atoms. The summed E-state index contributed by atoms with van der Waals surface area (Å²) in [7, 11) is 4.09. The number of rotatable bonds is 5. The second-order valence-electron chi connectivity index (χ2n) is 6.92. The molecule has 1 aromatic rings. The van der Waals surface area contributed by atoms with E-state index >= 15 is 0 Å². The topological polar surface area (TPSA) is 48.9 Å². The molecular formula is C18H28N4O2.